The summed E-state index contributed by atoms with van der Waals surface area (Å²) >= 11 is 4.72. The van der Waals surface area contributed by atoms with Crippen LogP contribution in [0.1, 0.15) is 46.3 Å². The van der Waals surface area contributed by atoms with Crippen molar-refractivity contribution in [3.63, 3.8) is 0 Å². The molecule has 0 saturated heterocycles. The number of carbonyl (C=O) groups is 2. The molecular formula is C27H23BrFN3O5S2. The Kier molecular flexibility index (Phi) is 7.55. The Labute approximate surface area is 236 Å². The maximum absolute atomic E-state index is 14.7. The predicted octanol–water partition coefficient (Wildman–Crippen LogP) is 5.65. The number of halogens is 2. The third-order valence-electron chi connectivity index (χ3n) is 6.26. The normalized spacial score (nSPS) is 13.4. The minimum absolute atomic E-state index is 0.0687. The smallest absolute Gasteiger partial charge is 0.357 e. The second kappa shape index (κ2) is 10.8. The molecule has 0 aliphatic heterocycles. The van der Waals surface area contributed by atoms with Crippen molar-refractivity contribution in [3.05, 3.63) is 81.2 Å². The van der Waals surface area contributed by atoms with Gasteiger partial charge < -0.3 is 9.30 Å². The maximum atomic E-state index is 14.7. The lowest BCUT2D eigenvalue weighted by molar-refractivity contribution is 0.0520. The largest absolute Gasteiger partial charge is 0.461 e. The summed E-state index contributed by atoms with van der Waals surface area (Å²) in [5.74, 6) is -1.73. The molecule has 5 rings (SSSR count). The zero-order chi connectivity index (χ0) is 27.9. The van der Waals surface area contributed by atoms with Gasteiger partial charge in [-0.05, 0) is 61.2 Å². The van der Waals surface area contributed by atoms with Crippen LogP contribution in [0.2, 0.25) is 0 Å². The summed E-state index contributed by atoms with van der Waals surface area (Å²) in [5.41, 5.74) is 3.02. The first-order chi connectivity index (χ1) is 18.6. The van der Waals surface area contributed by atoms with Gasteiger partial charge in [0.2, 0.25) is 10.0 Å². The molecule has 0 amide bonds. The van der Waals surface area contributed by atoms with Gasteiger partial charge in [0.1, 0.15) is 15.7 Å². The summed E-state index contributed by atoms with van der Waals surface area (Å²) < 4.78 is 45.9. The lowest BCUT2D eigenvalue weighted by atomic mass is 10.1. The number of aromatic nitrogens is 2. The van der Waals surface area contributed by atoms with Crippen LogP contribution in [0.3, 0.4) is 0 Å². The molecule has 8 nitrogen and oxygen atoms in total. The number of rotatable bonds is 9. The molecule has 0 unspecified atom stereocenters. The number of sulfonamides is 1. The number of primary sulfonamides is 1. The van der Waals surface area contributed by atoms with Crippen molar-refractivity contribution in [3.8, 4) is 21.8 Å². The van der Waals surface area contributed by atoms with Crippen LogP contribution in [0.4, 0.5) is 4.39 Å². The van der Waals surface area contributed by atoms with E-state index in [1.807, 2.05) is 30.3 Å². The highest BCUT2D eigenvalue weighted by atomic mass is 79.9. The molecule has 12 heteroatoms. The average molecular weight is 633 g/mol. The van der Waals surface area contributed by atoms with Crippen LogP contribution in [0, 0.1) is 11.7 Å². The van der Waals surface area contributed by atoms with Crippen LogP contribution in [0.25, 0.3) is 21.8 Å². The quantitative estimate of drug-likeness (QED) is 0.188. The van der Waals surface area contributed by atoms with Crippen molar-refractivity contribution in [2.45, 2.75) is 31.2 Å². The molecular weight excluding hydrogens is 609 g/mol. The van der Waals surface area contributed by atoms with E-state index in [1.54, 1.807) is 16.9 Å². The summed E-state index contributed by atoms with van der Waals surface area (Å²) in [6.07, 6.45) is 1.53. The average Bonchev–Trinajstić information content (AvgIpc) is 3.49. The number of nitrogens with two attached hydrogens (primary N) is 1. The number of ether oxygens (including phenoxy) is 1. The first kappa shape index (κ1) is 27.4. The number of nitrogens with zero attached hydrogens (tertiary/aromatic N) is 2. The van der Waals surface area contributed by atoms with Crippen LogP contribution in [0.5, 0.6) is 0 Å². The summed E-state index contributed by atoms with van der Waals surface area (Å²) in [4.78, 5) is 29.9. The zero-order valence-corrected chi connectivity index (χ0v) is 23.9. The third kappa shape index (κ3) is 5.74. The number of hydrogen-bond acceptors (Lipinski definition) is 7. The molecule has 2 heterocycles. The van der Waals surface area contributed by atoms with Gasteiger partial charge in [0.05, 0.1) is 12.3 Å². The molecule has 39 heavy (non-hydrogen) atoms. The van der Waals surface area contributed by atoms with Crippen LogP contribution >= 0.6 is 27.3 Å². The van der Waals surface area contributed by atoms with Crippen molar-refractivity contribution >= 4 is 49.0 Å². The molecule has 0 spiro atoms. The van der Waals surface area contributed by atoms with Gasteiger partial charge in [-0.25, -0.2) is 27.7 Å². The zero-order valence-electron chi connectivity index (χ0n) is 20.7. The number of Topliss-reactive ketones (excluding diaryl/α,β-unsaturated/α-hetero) is 1. The minimum atomic E-state index is -4.23. The monoisotopic (exact) mass is 631 g/mol. The Hall–Kier alpha value is -3.19. The van der Waals surface area contributed by atoms with Crippen LogP contribution < -0.4 is 5.14 Å². The molecule has 4 aromatic rings. The molecule has 2 aromatic carbocycles. The second-order valence-electron chi connectivity index (χ2n) is 9.10. The van der Waals surface area contributed by atoms with E-state index < -0.39 is 26.7 Å². The standard InChI is InChI=1S/C27H23BrFN3O5S2/c1-2-37-27(34)21-14-38-26(31-21)19-12-22(17-4-3-5-18(28)11-17)32(24(19)25(33)16-7-8-16)13-15-6-9-23(20(29)10-15)39(30,35)36/h3-6,9-12,14,16H,2,7-8,13H2,1H3,(H2,30,35,36). The molecule has 1 fully saturated rings. The highest BCUT2D eigenvalue weighted by molar-refractivity contribution is 9.10. The Balaban J connectivity index is 1.70. The molecule has 1 aliphatic rings. The molecule has 2 N–H and O–H groups in total. The number of carbonyl (C=O) groups excluding carboxylic acids is 2. The van der Waals surface area contributed by atoms with Crippen molar-refractivity contribution < 1.29 is 27.1 Å². The lowest BCUT2D eigenvalue weighted by Crippen LogP contribution is -2.16. The van der Waals surface area contributed by atoms with Gasteiger partial charge in [-0.15, -0.1) is 11.3 Å². The summed E-state index contributed by atoms with van der Waals surface area (Å²) in [6.45, 7) is 2.00. The number of thiazole rings is 1. The third-order valence-corrected chi connectivity index (χ3v) is 8.57. The number of hydrogen-bond donors (Lipinski definition) is 1. The van der Waals surface area contributed by atoms with Gasteiger partial charge in [0.25, 0.3) is 0 Å². The molecule has 2 aromatic heterocycles. The van der Waals surface area contributed by atoms with Crippen molar-refractivity contribution in [2.75, 3.05) is 6.61 Å². The fourth-order valence-electron chi connectivity index (χ4n) is 4.32. The molecule has 202 valence electrons. The number of esters is 1. The van der Waals surface area contributed by atoms with Gasteiger partial charge in [0, 0.05) is 33.6 Å². The molecule has 1 saturated carbocycles. The summed E-state index contributed by atoms with van der Waals surface area (Å²) in [5, 5.41) is 7.20. The highest BCUT2D eigenvalue weighted by Crippen LogP contribution is 2.41. The second-order valence-corrected chi connectivity index (χ2v) is 12.4. The van der Waals surface area contributed by atoms with E-state index in [-0.39, 0.29) is 30.5 Å². The first-order valence-electron chi connectivity index (χ1n) is 12.0. The van der Waals surface area contributed by atoms with E-state index in [2.05, 4.69) is 20.9 Å². The van der Waals surface area contributed by atoms with Gasteiger partial charge in [-0.3, -0.25) is 4.79 Å². The lowest BCUT2D eigenvalue weighted by Gasteiger charge is -2.15. The SMILES string of the molecule is CCOC(=O)c1csc(-c2cc(-c3cccc(Br)c3)n(Cc3ccc(S(N)(=O)=O)c(F)c3)c2C(=O)C2CC2)n1. The van der Waals surface area contributed by atoms with E-state index >= 15 is 0 Å². The van der Waals surface area contributed by atoms with Crippen LogP contribution in [0.15, 0.2) is 63.3 Å². The van der Waals surface area contributed by atoms with E-state index in [1.165, 1.54) is 17.4 Å². The fourth-order valence-corrected chi connectivity index (χ4v) is 6.11. The van der Waals surface area contributed by atoms with Gasteiger partial charge in [-0.1, -0.05) is 34.1 Å². The van der Waals surface area contributed by atoms with E-state index in [0.29, 0.717) is 27.5 Å². The van der Waals surface area contributed by atoms with Gasteiger partial charge in [0.15, 0.2) is 11.5 Å². The van der Waals surface area contributed by atoms with E-state index in [4.69, 9.17) is 9.88 Å². The Morgan fingerprint density at radius 2 is 1.97 bits per heavy atom. The molecule has 0 atom stereocenters. The number of ketones is 1. The van der Waals surface area contributed by atoms with Crippen molar-refractivity contribution in [1.82, 2.24) is 9.55 Å². The summed E-state index contributed by atoms with van der Waals surface area (Å²) in [6, 6.07) is 13.1. The summed E-state index contributed by atoms with van der Waals surface area (Å²) in [7, 11) is -4.23. The Bertz CT molecular complexity index is 1710. The molecule has 0 bridgehead atoms. The molecule has 1 aliphatic carbocycles. The van der Waals surface area contributed by atoms with Crippen molar-refractivity contribution in [1.29, 1.82) is 0 Å². The molecule has 0 radical (unpaired) electrons. The van der Waals surface area contributed by atoms with E-state index in [9.17, 15) is 22.4 Å². The topological polar surface area (TPSA) is 121 Å². The van der Waals surface area contributed by atoms with Gasteiger partial charge >= 0.3 is 5.97 Å². The predicted molar refractivity (Wildman–Crippen MR) is 149 cm³/mol. The Morgan fingerprint density at radius 1 is 1.21 bits per heavy atom. The first-order valence-corrected chi connectivity index (χ1v) is 15.3. The van der Waals surface area contributed by atoms with E-state index in [0.717, 1.165) is 35.0 Å². The van der Waals surface area contributed by atoms with Crippen LogP contribution in [-0.4, -0.2) is 36.3 Å². The Morgan fingerprint density at radius 3 is 2.62 bits per heavy atom. The van der Waals surface area contributed by atoms with Crippen LogP contribution in [-0.2, 0) is 21.3 Å². The fraction of sp³-hybridized carbons (Fsp3) is 0.222. The highest BCUT2D eigenvalue weighted by Gasteiger charge is 2.36. The minimum Gasteiger partial charge on any atom is -0.461 e. The van der Waals surface area contributed by atoms with Gasteiger partial charge in [-0.2, -0.15) is 0 Å². The van der Waals surface area contributed by atoms with Crippen molar-refractivity contribution in [2.24, 2.45) is 11.1 Å². The number of benzene rings is 2. The maximum Gasteiger partial charge on any atom is 0.357 e.